The Labute approximate surface area is 136 Å². The van der Waals surface area contributed by atoms with Gasteiger partial charge in [-0.3, -0.25) is 4.79 Å². The van der Waals surface area contributed by atoms with Crippen LogP contribution in [0.15, 0.2) is 33.6 Å². The molecule has 0 bridgehead atoms. The third-order valence-electron chi connectivity index (χ3n) is 3.60. The molecule has 0 radical (unpaired) electrons. The van der Waals surface area contributed by atoms with E-state index in [-0.39, 0.29) is 29.6 Å². The van der Waals surface area contributed by atoms with Gasteiger partial charge in [-0.05, 0) is 43.7 Å². The van der Waals surface area contributed by atoms with Crippen molar-refractivity contribution in [3.05, 3.63) is 63.1 Å². The molecule has 120 valence electrons. The van der Waals surface area contributed by atoms with Crippen molar-refractivity contribution in [2.75, 3.05) is 0 Å². The Bertz CT molecular complexity index is 999. The van der Waals surface area contributed by atoms with Crippen LogP contribution in [0.2, 0.25) is 0 Å². The summed E-state index contributed by atoms with van der Waals surface area (Å²) in [7, 11) is 0. The Kier molecular flexibility index (Phi) is 3.92. The summed E-state index contributed by atoms with van der Waals surface area (Å²) in [4.78, 5) is 16.4. The maximum atomic E-state index is 12.9. The van der Waals surface area contributed by atoms with E-state index in [0.717, 1.165) is 4.68 Å². The smallest absolute Gasteiger partial charge is 0.285 e. The molecular formula is C16H12FN5O2. The highest BCUT2D eigenvalue weighted by atomic mass is 19.1. The van der Waals surface area contributed by atoms with Gasteiger partial charge in [0.05, 0.1) is 5.69 Å². The van der Waals surface area contributed by atoms with Gasteiger partial charge in [-0.1, -0.05) is 5.16 Å². The Morgan fingerprint density at radius 3 is 2.67 bits per heavy atom. The summed E-state index contributed by atoms with van der Waals surface area (Å²) in [5.74, 6) is 0.0795. The number of hydrogen-bond donors (Lipinski definition) is 0. The molecule has 0 N–H and O–H groups in total. The Hall–Kier alpha value is -3.34. The number of aromatic nitrogens is 4. The molecule has 0 aliphatic carbocycles. The molecule has 0 aliphatic heterocycles. The Morgan fingerprint density at radius 2 is 2.00 bits per heavy atom. The fraction of sp³-hybridized carbons (Fsp3) is 0.188. The molecule has 0 spiro atoms. The van der Waals surface area contributed by atoms with Crippen molar-refractivity contribution in [2.24, 2.45) is 0 Å². The van der Waals surface area contributed by atoms with E-state index < -0.39 is 5.56 Å². The molecule has 7 nitrogen and oxygen atoms in total. The van der Waals surface area contributed by atoms with Gasteiger partial charge in [0.2, 0.25) is 11.7 Å². The molecule has 0 atom stereocenters. The lowest BCUT2D eigenvalue weighted by Gasteiger charge is -2.06. The van der Waals surface area contributed by atoms with Crippen LogP contribution in [0.25, 0.3) is 11.4 Å². The van der Waals surface area contributed by atoms with E-state index in [1.165, 1.54) is 24.3 Å². The van der Waals surface area contributed by atoms with Gasteiger partial charge in [-0.2, -0.15) is 15.3 Å². The molecule has 2 heterocycles. The summed E-state index contributed by atoms with van der Waals surface area (Å²) in [6.07, 6.45) is 0. The SMILES string of the molecule is Cc1nn(Cc2nc(-c3ccc(F)cc3)no2)c(=O)c(C#N)c1C. The van der Waals surface area contributed by atoms with Crippen LogP contribution in [0.5, 0.6) is 0 Å². The molecule has 0 aliphatic rings. The third kappa shape index (κ3) is 2.79. The highest BCUT2D eigenvalue weighted by Gasteiger charge is 2.15. The van der Waals surface area contributed by atoms with Crippen molar-refractivity contribution in [3.63, 3.8) is 0 Å². The first kappa shape index (κ1) is 15.6. The number of nitrogens with zero attached hydrogens (tertiary/aromatic N) is 5. The average Bonchev–Trinajstić information content (AvgIpc) is 3.02. The van der Waals surface area contributed by atoms with Gasteiger partial charge in [-0.25, -0.2) is 9.07 Å². The van der Waals surface area contributed by atoms with E-state index in [0.29, 0.717) is 16.8 Å². The van der Waals surface area contributed by atoms with Gasteiger partial charge in [0.15, 0.2) is 0 Å². The summed E-state index contributed by atoms with van der Waals surface area (Å²) in [6.45, 7) is 3.33. The lowest BCUT2D eigenvalue weighted by molar-refractivity contribution is 0.362. The summed E-state index contributed by atoms with van der Waals surface area (Å²) in [6, 6.07) is 7.53. The number of hydrogen-bond acceptors (Lipinski definition) is 6. The predicted octanol–water partition coefficient (Wildman–Crippen LogP) is 1.97. The molecule has 0 amide bonds. The molecule has 0 saturated heterocycles. The number of halogens is 1. The van der Waals surface area contributed by atoms with E-state index in [9.17, 15) is 9.18 Å². The standard InChI is InChI=1S/C16H12FN5O2/c1-9-10(2)20-22(16(23)13(9)7-18)8-14-19-15(21-24-14)11-3-5-12(17)6-4-11/h3-6H,8H2,1-2H3. The van der Waals surface area contributed by atoms with Crippen molar-refractivity contribution in [1.82, 2.24) is 19.9 Å². The van der Waals surface area contributed by atoms with Crippen LogP contribution in [0.3, 0.4) is 0 Å². The van der Waals surface area contributed by atoms with E-state index >= 15 is 0 Å². The van der Waals surface area contributed by atoms with Gasteiger partial charge >= 0.3 is 0 Å². The van der Waals surface area contributed by atoms with Gasteiger partial charge in [0.1, 0.15) is 24.0 Å². The second-order valence-corrected chi connectivity index (χ2v) is 5.18. The summed E-state index contributed by atoms with van der Waals surface area (Å²) >= 11 is 0. The first-order chi connectivity index (χ1) is 11.5. The van der Waals surface area contributed by atoms with Crippen LogP contribution in [-0.4, -0.2) is 19.9 Å². The van der Waals surface area contributed by atoms with Crippen LogP contribution >= 0.6 is 0 Å². The highest BCUT2D eigenvalue weighted by Crippen LogP contribution is 2.16. The van der Waals surface area contributed by atoms with Gasteiger partial charge in [0, 0.05) is 5.56 Å². The first-order valence-electron chi connectivity index (χ1n) is 7.06. The predicted molar refractivity (Wildman–Crippen MR) is 81.5 cm³/mol. The largest absolute Gasteiger partial charge is 0.337 e. The average molecular weight is 325 g/mol. The van der Waals surface area contributed by atoms with Crippen LogP contribution < -0.4 is 5.56 Å². The van der Waals surface area contributed by atoms with E-state index in [4.69, 9.17) is 9.78 Å². The van der Waals surface area contributed by atoms with Crippen molar-refractivity contribution in [1.29, 1.82) is 5.26 Å². The van der Waals surface area contributed by atoms with E-state index in [1.807, 2.05) is 6.07 Å². The fourth-order valence-electron chi connectivity index (χ4n) is 2.17. The Morgan fingerprint density at radius 1 is 1.29 bits per heavy atom. The second-order valence-electron chi connectivity index (χ2n) is 5.18. The van der Waals surface area contributed by atoms with Gasteiger partial charge in [-0.15, -0.1) is 0 Å². The zero-order valence-electron chi connectivity index (χ0n) is 12.9. The number of aryl methyl sites for hydroxylation is 1. The molecule has 0 saturated carbocycles. The molecule has 0 fully saturated rings. The maximum Gasteiger partial charge on any atom is 0.285 e. The molecular weight excluding hydrogens is 313 g/mol. The monoisotopic (exact) mass is 325 g/mol. The zero-order valence-corrected chi connectivity index (χ0v) is 12.9. The van der Waals surface area contributed by atoms with Crippen molar-refractivity contribution in [3.8, 4) is 17.5 Å². The molecule has 2 aromatic heterocycles. The fourth-order valence-corrected chi connectivity index (χ4v) is 2.17. The molecule has 0 unspecified atom stereocenters. The Balaban J connectivity index is 1.94. The number of nitriles is 1. The lowest BCUT2D eigenvalue weighted by atomic mass is 10.1. The van der Waals surface area contributed by atoms with Crippen molar-refractivity contribution >= 4 is 0 Å². The maximum absolute atomic E-state index is 12.9. The molecule has 24 heavy (non-hydrogen) atoms. The molecule has 3 aromatic rings. The highest BCUT2D eigenvalue weighted by molar-refractivity contribution is 5.53. The lowest BCUT2D eigenvalue weighted by Crippen LogP contribution is -2.28. The normalized spacial score (nSPS) is 10.6. The van der Waals surface area contributed by atoms with Gasteiger partial charge in [0.25, 0.3) is 5.56 Å². The van der Waals surface area contributed by atoms with Crippen molar-refractivity contribution < 1.29 is 8.91 Å². The first-order valence-corrected chi connectivity index (χ1v) is 7.06. The van der Waals surface area contributed by atoms with E-state index in [1.54, 1.807) is 13.8 Å². The van der Waals surface area contributed by atoms with Crippen LogP contribution in [0.1, 0.15) is 22.7 Å². The van der Waals surface area contributed by atoms with Gasteiger partial charge < -0.3 is 4.52 Å². The minimum atomic E-state index is -0.512. The van der Waals surface area contributed by atoms with Crippen molar-refractivity contribution in [2.45, 2.75) is 20.4 Å². The van der Waals surface area contributed by atoms with Crippen LogP contribution in [0.4, 0.5) is 4.39 Å². The number of rotatable bonds is 3. The topological polar surface area (TPSA) is 97.6 Å². The minimum Gasteiger partial charge on any atom is -0.337 e. The molecule has 3 rings (SSSR count). The molecule has 8 heteroatoms. The van der Waals surface area contributed by atoms with Crippen LogP contribution in [-0.2, 0) is 6.54 Å². The summed E-state index contributed by atoms with van der Waals surface area (Å²) < 4.78 is 19.2. The number of benzene rings is 1. The second kappa shape index (κ2) is 6.04. The summed E-state index contributed by atoms with van der Waals surface area (Å²) in [5.41, 5.74) is 1.24. The van der Waals surface area contributed by atoms with E-state index in [2.05, 4.69) is 15.2 Å². The third-order valence-corrected chi connectivity index (χ3v) is 3.60. The zero-order chi connectivity index (χ0) is 17.3. The molecule has 1 aromatic carbocycles. The quantitative estimate of drug-likeness (QED) is 0.730. The summed E-state index contributed by atoms with van der Waals surface area (Å²) in [5, 5.41) is 17.1. The van der Waals surface area contributed by atoms with Crippen LogP contribution in [0, 0.1) is 31.0 Å². The minimum absolute atomic E-state index is 0.0424.